The van der Waals surface area contributed by atoms with Crippen LogP contribution in [-0.2, 0) is 0 Å². The Morgan fingerprint density at radius 1 is 1.44 bits per heavy atom. The molecule has 1 saturated carbocycles. The van der Waals surface area contributed by atoms with Crippen molar-refractivity contribution in [3.05, 3.63) is 33.9 Å². The molecule has 98 valence electrons. The van der Waals surface area contributed by atoms with Crippen molar-refractivity contribution in [3.8, 4) is 0 Å². The second-order valence-electron chi connectivity index (χ2n) is 5.14. The summed E-state index contributed by atoms with van der Waals surface area (Å²) in [6.07, 6.45) is 3.04. The molecular formula is C13H18N2O3. The zero-order chi connectivity index (χ0) is 13.2. The van der Waals surface area contributed by atoms with Crippen LogP contribution in [-0.4, -0.2) is 23.2 Å². The third-order valence-corrected chi connectivity index (χ3v) is 3.54. The molecule has 0 saturated heterocycles. The molecule has 2 rings (SSSR count). The lowest BCUT2D eigenvalue weighted by Crippen LogP contribution is -2.16. The van der Waals surface area contributed by atoms with Crippen LogP contribution in [0.25, 0.3) is 0 Å². The normalized spacial score (nSPS) is 16.3. The monoisotopic (exact) mass is 250 g/mol. The quantitative estimate of drug-likeness (QED) is 0.600. The zero-order valence-electron chi connectivity index (χ0n) is 10.5. The molecule has 0 amide bonds. The van der Waals surface area contributed by atoms with Crippen molar-refractivity contribution in [3.63, 3.8) is 0 Å². The lowest BCUT2D eigenvalue weighted by atomic mass is 10.0. The predicted octanol–water partition coefficient (Wildman–Crippen LogP) is 2.48. The summed E-state index contributed by atoms with van der Waals surface area (Å²) < 4.78 is 0. The molecule has 0 aromatic heterocycles. The highest BCUT2D eigenvalue weighted by Crippen LogP contribution is 2.48. The fourth-order valence-corrected chi connectivity index (χ4v) is 2.19. The second-order valence-corrected chi connectivity index (χ2v) is 5.14. The van der Waals surface area contributed by atoms with Gasteiger partial charge in [0.2, 0.25) is 0 Å². The van der Waals surface area contributed by atoms with Crippen molar-refractivity contribution in [1.82, 2.24) is 0 Å². The van der Waals surface area contributed by atoms with Crippen molar-refractivity contribution >= 4 is 11.4 Å². The smallest absolute Gasteiger partial charge is 0.271 e. The van der Waals surface area contributed by atoms with E-state index in [-0.39, 0.29) is 22.6 Å². The summed E-state index contributed by atoms with van der Waals surface area (Å²) in [4.78, 5) is 10.4. The second kappa shape index (κ2) is 4.94. The SMILES string of the molecule is Cc1cc(NCC2(CCO)CC2)cc([N+](=O)[O-])c1. The van der Waals surface area contributed by atoms with E-state index in [2.05, 4.69) is 5.32 Å². The minimum absolute atomic E-state index is 0.115. The molecule has 0 bridgehead atoms. The minimum atomic E-state index is -0.376. The zero-order valence-corrected chi connectivity index (χ0v) is 10.5. The van der Waals surface area contributed by atoms with Gasteiger partial charge in [0, 0.05) is 31.0 Å². The molecule has 0 spiro atoms. The Kier molecular flexibility index (Phi) is 3.52. The molecule has 0 aliphatic heterocycles. The van der Waals surface area contributed by atoms with E-state index in [0.29, 0.717) is 0 Å². The van der Waals surface area contributed by atoms with E-state index in [4.69, 9.17) is 5.11 Å². The molecular weight excluding hydrogens is 232 g/mol. The summed E-state index contributed by atoms with van der Waals surface area (Å²) in [5, 5.41) is 23.0. The van der Waals surface area contributed by atoms with Crippen molar-refractivity contribution in [1.29, 1.82) is 0 Å². The molecule has 18 heavy (non-hydrogen) atoms. The van der Waals surface area contributed by atoms with E-state index in [1.165, 1.54) is 0 Å². The number of rotatable bonds is 6. The first kappa shape index (κ1) is 12.8. The van der Waals surface area contributed by atoms with Crippen molar-refractivity contribution in [2.45, 2.75) is 26.2 Å². The summed E-state index contributed by atoms with van der Waals surface area (Å²) in [6, 6.07) is 5.02. The van der Waals surface area contributed by atoms with Gasteiger partial charge in [-0.15, -0.1) is 0 Å². The Morgan fingerprint density at radius 3 is 2.72 bits per heavy atom. The predicted molar refractivity (Wildman–Crippen MR) is 69.7 cm³/mol. The number of nitro benzene ring substituents is 1. The highest BCUT2D eigenvalue weighted by molar-refractivity contribution is 5.54. The van der Waals surface area contributed by atoms with Gasteiger partial charge in [-0.3, -0.25) is 10.1 Å². The van der Waals surface area contributed by atoms with Crippen LogP contribution >= 0.6 is 0 Å². The topological polar surface area (TPSA) is 75.4 Å². The van der Waals surface area contributed by atoms with E-state index in [1.54, 1.807) is 12.1 Å². The molecule has 0 unspecified atom stereocenters. The third-order valence-electron chi connectivity index (χ3n) is 3.54. The van der Waals surface area contributed by atoms with Gasteiger partial charge in [0.15, 0.2) is 0 Å². The number of nitro groups is 1. The number of anilines is 1. The highest BCUT2D eigenvalue weighted by atomic mass is 16.6. The number of hydrogen-bond donors (Lipinski definition) is 2. The van der Waals surface area contributed by atoms with E-state index >= 15 is 0 Å². The van der Waals surface area contributed by atoms with Crippen LogP contribution < -0.4 is 5.32 Å². The fourth-order valence-electron chi connectivity index (χ4n) is 2.19. The van der Waals surface area contributed by atoms with Crippen LogP contribution in [0.15, 0.2) is 18.2 Å². The van der Waals surface area contributed by atoms with Gasteiger partial charge < -0.3 is 10.4 Å². The maximum absolute atomic E-state index is 10.8. The molecule has 1 aromatic carbocycles. The van der Waals surface area contributed by atoms with Gasteiger partial charge in [-0.2, -0.15) is 0 Å². The maximum atomic E-state index is 10.8. The highest BCUT2D eigenvalue weighted by Gasteiger charge is 2.41. The van der Waals surface area contributed by atoms with Gasteiger partial charge in [0.05, 0.1) is 4.92 Å². The average Bonchev–Trinajstić information content (AvgIpc) is 3.07. The minimum Gasteiger partial charge on any atom is -0.396 e. The van der Waals surface area contributed by atoms with Crippen molar-refractivity contribution in [2.75, 3.05) is 18.5 Å². The van der Waals surface area contributed by atoms with Gasteiger partial charge >= 0.3 is 0 Å². The average molecular weight is 250 g/mol. The number of benzene rings is 1. The van der Waals surface area contributed by atoms with Crippen molar-refractivity contribution < 1.29 is 10.0 Å². The first-order valence-electron chi connectivity index (χ1n) is 6.15. The first-order chi connectivity index (χ1) is 8.54. The van der Waals surface area contributed by atoms with Gasteiger partial charge in [0.1, 0.15) is 0 Å². The molecule has 5 heteroatoms. The summed E-state index contributed by atoms with van der Waals surface area (Å²) in [5.74, 6) is 0. The van der Waals surface area contributed by atoms with Gasteiger partial charge in [-0.1, -0.05) is 0 Å². The van der Waals surface area contributed by atoms with Crippen LogP contribution in [0.1, 0.15) is 24.8 Å². The molecule has 0 heterocycles. The Labute approximate surface area is 106 Å². The fraction of sp³-hybridized carbons (Fsp3) is 0.538. The maximum Gasteiger partial charge on any atom is 0.271 e. The molecule has 1 aliphatic rings. The molecule has 0 atom stereocenters. The number of aryl methyl sites for hydroxylation is 1. The summed E-state index contributed by atoms with van der Waals surface area (Å²) >= 11 is 0. The van der Waals surface area contributed by atoms with Crippen LogP contribution in [0.5, 0.6) is 0 Å². The Balaban J connectivity index is 2.03. The number of hydrogen-bond acceptors (Lipinski definition) is 4. The standard InChI is InChI=1S/C13H18N2O3/c1-10-6-11(8-12(7-10)15(17)18)14-9-13(2-3-13)4-5-16/h6-8,14,16H,2-5,9H2,1H3. The van der Waals surface area contributed by atoms with Crippen LogP contribution in [0, 0.1) is 22.5 Å². The lowest BCUT2D eigenvalue weighted by Gasteiger charge is -2.15. The number of aliphatic hydroxyl groups excluding tert-OH is 1. The van der Waals surface area contributed by atoms with Gasteiger partial charge in [-0.25, -0.2) is 0 Å². The Hall–Kier alpha value is -1.62. The van der Waals surface area contributed by atoms with E-state index < -0.39 is 0 Å². The molecule has 1 fully saturated rings. The van der Waals surface area contributed by atoms with Crippen molar-refractivity contribution in [2.24, 2.45) is 5.41 Å². The third kappa shape index (κ3) is 2.98. The molecule has 0 radical (unpaired) electrons. The van der Waals surface area contributed by atoms with E-state index in [0.717, 1.165) is 37.1 Å². The number of aliphatic hydroxyl groups is 1. The molecule has 2 N–H and O–H groups in total. The molecule has 1 aromatic rings. The van der Waals surface area contributed by atoms with Crippen LogP contribution in [0.4, 0.5) is 11.4 Å². The van der Waals surface area contributed by atoms with E-state index in [9.17, 15) is 10.1 Å². The largest absolute Gasteiger partial charge is 0.396 e. The Morgan fingerprint density at radius 2 is 2.17 bits per heavy atom. The summed E-state index contributed by atoms with van der Waals surface area (Å²) in [5.41, 5.74) is 1.97. The first-order valence-corrected chi connectivity index (χ1v) is 6.15. The molecule has 5 nitrogen and oxygen atoms in total. The van der Waals surface area contributed by atoms with Gasteiger partial charge in [-0.05, 0) is 43.2 Å². The number of nitrogens with one attached hydrogen (secondary N) is 1. The lowest BCUT2D eigenvalue weighted by molar-refractivity contribution is -0.384. The van der Waals surface area contributed by atoms with E-state index in [1.807, 2.05) is 13.0 Å². The Bertz CT molecular complexity index is 456. The number of nitrogens with zero attached hydrogens (tertiary/aromatic N) is 1. The summed E-state index contributed by atoms with van der Waals surface area (Å²) in [6.45, 7) is 2.82. The van der Waals surface area contributed by atoms with Crippen LogP contribution in [0.2, 0.25) is 0 Å². The van der Waals surface area contributed by atoms with Gasteiger partial charge in [0.25, 0.3) is 5.69 Å². The molecule has 1 aliphatic carbocycles. The summed E-state index contributed by atoms with van der Waals surface area (Å²) in [7, 11) is 0. The number of non-ortho nitro benzene ring substituents is 1. The van der Waals surface area contributed by atoms with Crippen LogP contribution in [0.3, 0.4) is 0 Å².